The molecule has 2 aromatic carbocycles. The third kappa shape index (κ3) is 5.53. The van der Waals surface area contributed by atoms with Crippen molar-refractivity contribution in [1.82, 2.24) is 14.9 Å². The SMILES string of the molecule is Cc1cc(C#N)cc(C)c1Oc1nc(Nc2ccc(C#N)cc2)nc2c1CN(C(=O)C(N)C(C)C)CC2. The topological polar surface area (TPSA) is 141 Å². The molecule has 1 unspecified atom stereocenters. The Kier molecular flexibility index (Phi) is 7.37. The van der Waals surface area contributed by atoms with Gasteiger partial charge in [-0.1, -0.05) is 13.8 Å². The van der Waals surface area contributed by atoms with Gasteiger partial charge in [-0.2, -0.15) is 15.5 Å². The van der Waals surface area contributed by atoms with Crippen molar-refractivity contribution in [3.63, 3.8) is 0 Å². The summed E-state index contributed by atoms with van der Waals surface area (Å²) in [5.41, 5.74) is 11.1. The molecule has 9 nitrogen and oxygen atoms in total. The van der Waals surface area contributed by atoms with Crippen LogP contribution in [-0.4, -0.2) is 33.4 Å². The number of carbonyl (C=O) groups is 1. The van der Waals surface area contributed by atoms with Crippen molar-refractivity contribution in [1.29, 1.82) is 10.5 Å². The highest BCUT2D eigenvalue weighted by Gasteiger charge is 2.30. The van der Waals surface area contributed by atoms with Crippen LogP contribution in [0.15, 0.2) is 36.4 Å². The second kappa shape index (κ2) is 10.7. The van der Waals surface area contributed by atoms with Crippen LogP contribution in [0.5, 0.6) is 11.6 Å². The number of benzene rings is 2. The van der Waals surface area contributed by atoms with Crippen molar-refractivity contribution in [2.45, 2.75) is 46.7 Å². The Hall–Kier alpha value is -4.47. The van der Waals surface area contributed by atoms with Crippen LogP contribution < -0.4 is 15.8 Å². The molecule has 2 heterocycles. The van der Waals surface area contributed by atoms with Crippen LogP contribution in [0.4, 0.5) is 11.6 Å². The maximum atomic E-state index is 13.0. The Morgan fingerprint density at radius 3 is 2.32 bits per heavy atom. The molecule has 0 spiro atoms. The third-order valence-corrected chi connectivity index (χ3v) is 6.40. The number of hydrogen-bond acceptors (Lipinski definition) is 8. The van der Waals surface area contributed by atoms with Crippen LogP contribution in [0.2, 0.25) is 0 Å². The maximum absolute atomic E-state index is 13.0. The average molecular weight is 496 g/mol. The number of ether oxygens (including phenoxy) is 1. The molecule has 37 heavy (non-hydrogen) atoms. The van der Waals surface area contributed by atoms with Gasteiger partial charge in [-0.15, -0.1) is 0 Å². The number of nitriles is 2. The molecular formula is C28H29N7O2. The molecule has 188 valence electrons. The lowest BCUT2D eigenvalue weighted by atomic mass is 10.0. The monoisotopic (exact) mass is 495 g/mol. The van der Waals surface area contributed by atoms with Crippen LogP contribution >= 0.6 is 0 Å². The van der Waals surface area contributed by atoms with Gasteiger partial charge in [0.25, 0.3) is 0 Å². The Morgan fingerprint density at radius 1 is 1.08 bits per heavy atom. The smallest absolute Gasteiger partial charge is 0.240 e. The number of amides is 1. The van der Waals surface area contributed by atoms with Crippen LogP contribution in [0.1, 0.15) is 47.4 Å². The number of carbonyl (C=O) groups excluding carboxylic acids is 1. The molecule has 0 radical (unpaired) electrons. The molecule has 0 fully saturated rings. The van der Waals surface area contributed by atoms with Gasteiger partial charge in [-0.05, 0) is 67.3 Å². The highest BCUT2D eigenvalue weighted by atomic mass is 16.5. The molecule has 0 saturated carbocycles. The van der Waals surface area contributed by atoms with Crippen molar-refractivity contribution in [2.75, 3.05) is 11.9 Å². The first-order chi connectivity index (χ1) is 17.7. The number of fused-ring (bicyclic) bond motifs is 1. The van der Waals surface area contributed by atoms with E-state index in [9.17, 15) is 10.1 Å². The lowest BCUT2D eigenvalue weighted by Gasteiger charge is -2.32. The van der Waals surface area contributed by atoms with Gasteiger partial charge in [-0.25, -0.2) is 4.98 Å². The fourth-order valence-electron chi connectivity index (χ4n) is 4.24. The Morgan fingerprint density at radius 2 is 1.73 bits per heavy atom. The van der Waals surface area contributed by atoms with Crippen molar-refractivity contribution < 1.29 is 9.53 Å². The molecular weight excluding hydrogens is 466 g/mol. The number of nitrogens with one attached hydrogen (secondary N) is 1. The van der Waals surface area contributed by atoms with Crippen molar-refractivity contribution in [3.05, 3.63) is 69.9 Å². The summed E-state index contributed by atoms with van der Waals surface area (Å²) in [6.07, 6.45) is 0.526. The van der Waals surface area contributed by atoms with Crippen molar-refractivity contribution in [2.24, 2.45) is 11.7 Å². The quantitative estimate of drug-likeness (QED) is 0.517. The predicted octanol–water partition coefficient (Wildman–Crippen LogP) is 4.24. The van der Waals surface area contributed by atoms with E-state index >= 15 is 0 Å². The number of nitrogens with zero attached hydrogens (tertiary/aromatic N) is 5. The van der Waals surface area contributed by atoms with E-state index in [1.54, 1.807) is 41.3 Å². The van der Waals surface area contributed by atoms with Gasteiger partial charge in [0.1, 0.15) is 5.75 Å². The van der Waals surface area contributed by atoms with E-state index in [0.29, 0.717) is 41.7 Å². The summed E-state index contributed by atoms with van der Waals surface area (Å²) in [5, 5.41) is 21.6. The van der Waals surface area contributed by atoms with E-state index in [4.69, 9.17) is 20.7 Å². The average Bonchev–Trinajstić information content (AvgIpc) is 2.89. The molecule has 1 amide bonds. The number of rotatable bonds is 6. The van der Waals surface area contributed by atoms with Gasteiger partial charge in [-0.3, -0.25) is 4.79 Å². The van der Waals surface area contributed by atoms with Gasteiger partial charge < -0.3 is 20.7 Å². The van der Waals surface area contributed by atoms with E-state index in [0.717, 1.165) is 28.1 Å². The molecule has 1 aliphatic rings. The van der Waals surface area contributed by atoms with Gasteiger partial charge in [0.2, 0.25) is 17.7 Å². The fourth-order valence-corrected chi connectivity index (χ4v) is 4.24. The highest BCUT2D eigenvalue weighted by Crippen LogP contribution is 2.35. The van der Waals surface area contributed by atoms with Gasteiger partial charge in [0.15, 0.2) is 0 Å². The van der Waals surface area contributed by atoms with Crippen LogP contribution in [0.25, 0.3) is 0 Å². The summed E-state index contributed by atoms with van der Waals surface area (Å²) in [6.45, 7) is 8.39. The molecule has 9 heteroatoms. The molecule has 1 aliphatic heterocycles. The molecule has 0 saturated heterocycles. The minimum atomic E-state index is -0.591. The molecule has 0 aliphatic carbocycles. The largest absolute Gasteiger partial charge is 0.438 e. The lowest BCUT2D eigenvalue weighted by molar-refractivity contribution is -0.134. The second-order valence-corrected chi connectivity index (χ2v) is 9.52. The van der Waals surface area contributed by atoms with Crippen LogP contribution in [0, 0.1) is 42.4 Å². The minimum absolute atomic E-state index is 0.0174. The van der Waals surface area contributed by atoms with Crippen LogP contribution in [0.3, 0.4) is 0 Å². The number of aryl methyl sites for hydroxylation is 2. The molecule has 3 N–H and O–H groups in total. The zero-order valence-electron chi connectivity index (χ0n) is 21.4. The molecule has 0 bridgehead atoms. The number of aromatic nitrogens is 2. The highest BCUT2D eigenvalue weighted by molar-refractivity contribution is 5.82. The maximum Gasteiger partial charge on any atom is 0.240 e. The van der Waals surface area contributed by atoms with Gasteiger partial charge in [0.05, 0.1) is 47.1 Å². The normalized spacial score (nSPS) is 13.4. The van der Waals surface area contributed by atoms with Crippen molar-refractivity contribution >= 4 is 17.5 Å². The second-order valence-electron chi connectivity index (χ2n) is 9.52. The Labute approximate surface area is 216 Å². The first kappa shape index (κ1) is 25.6. The van der Waals surface area contributed by atoms with E-state index in [2.05, 4.69) is 22.4 Å². The van der Waals surface area contributed by atoms with Gasteiger partial charge in [0, 0.05) is 18.7 Å². The summed E-state index contributed by atoms with van der Waals surface area (Å²) in [6, 6.07) is 14.2. The third-order valence-electron chi connectivity index (χ3n) is 6.40. The Bertz CT molecular complexity index is 1400. The number of anilines is 2. The first-order valence-electron chi connectivity index (χ1n) is 12.1. The van der Waals surface area contributed by atoms with Crippen molar-refractivity contribution in [3.8, 4) is 23.8 Å². The van der Waals surface area contributed by atoms with Gasteiger partial charge >= 0.3 is 0 Å². The predicted molar refractivity (Wildman–Crippen MR) is 139 cm³/mol. The lowest BCUT2D eigenvalue weighted by Crippen LogP contribution is -2.48. The van der Waals surface area contributed by atoms with E-state index in [-0.39, 0.29) is 18.4 Å². The number of nitrogens with two attached hydrogens (primary N) is 1. The first-order valence-corrected chi connectivity index (χ1v) is 12.1. The molecule has 4 rings (SSSR count). The Balaban J connectivity index is 1.73. The fraction of sp³-hybridized carbons (Fsp3) is 0.321. The summed E-state index contributed by atoms with van der Waals surface area (Å²) < 4.78 is 6.38. The number of hydrogen-bond donors (Lipinski definition) is 2. The molecule has 1 atom stereocenters. The zero-order chi connectivity index (χ0) is 26.7. The van der Waals surface area contributed by atoms with E-state index in [1.165, 1.54) is 0 Å². The minimum Gasteiger partial charge on any atom is -0.438 e. The van der Waals surface area contributed by atoms with Crippen LogP contribution in [-0.2, 0) is 17.8 Å². The molecule has 1 aromatic heterocycles. The summed E-state index contributed by atoms with van der Waals surface area (Å²) in [4.78, 5) is 24.1. The van der Waals surface area contributed by atoms with E-state index in [1.807, 2.05) is 27.7 Å². The zero-order valence-corrected chi connectivity index (χ0v) is 21.4. The standard InChI is InChI=1S/C28H29N7O2/c1-16(2)24(31)27(36)35-10-9-23-22(15-35)26(37-25-17(3)11-20(14-30)12-18(25)4)34-28(33-23)32-21-7-5-19(13-29)6-8-21/h5-8,11-12,16,24H,9-10,15,31H2,1-4H3,(H,32,33,34). The summed E-state index contributed by atoms with van der Waals surface area (Å²) in [5.74, 6) is 1.20. The summed E-state index contributed by atoms with van der Waals surface area (Å²) in [7, 11) is 0. The summed E-state index contributed by atoms with van der Waals surface area (Å²) >= 11 is 0. The van der Waals surface area contributed by atoms with E-state index < -0.39 is 6.04 Å². The molecule has 3 aromatic rings.